The minimum absolute atomic E-state index is 0.0264. The van der Waals surface area contributed by atoms with E-state index in [9.17, 15) is 27.6 Å². The van der Waals surface area contributed by atoms with Gasteiger partial charge in [0.05, 0.1) is 17.8 Å². The zero-order valence-electron chi connectivity index (χ0n) is 18.0. The molecule has 0 aromatic heterocycles. The molecule has 178 valence electrons. The predicted molar refractivity (Wildman–Crippen MR) is 108 cm³/mol. The average molecular weight is 485 g/mol. The molecule has 0 unspecified atom stereocenters. The molecule has 0 saturated carbocycles. The molecule has 0 bridgehead atoms. The van der Waals surface area contributed by atoms with Crippen LogP contribution in [0.4, 0.5) is 0 Å². The van der Waals surface area contributed by atoms with Gasteiger partial charge in [0.2, 0.25) is 0 Å². The van der Waals surface area contributed by atoms with E-state index in [2.05, 4.69) is 0 Å². The minimum Gasteiger partial charge on any atom is -0.456 e. The van der Waals surface area contributed by atoms with Crippen LogP contribution in [-0.4, -0.2) is 73.7 Å². The van der Waals surface area contributed by atoms with Crippen molar-refractivity contribution in [1.82, 2.24) is 0 Å². The molecule has 0 aromatic rings. The fourth-order valence-electron chi connectivity index (χ4n) is 2.93. The topological polar surface area (TPSA) is 149 Å². The molecular formula is C18H28O11S2. The number of sulfone groups is 1. The molecule has 0 spiro atoms. The number of carbonyl (C=O) groups is 4. The lowest BCUT2D eigenvalue weighted by atomic mass is 9.96. The summed E-state index contributed by atoms with van der Waals surface area (Å²) in [5.41, 5.74) is -1.11. The summed E-state index contributed by atoms with van der Waals surface area (Å²) in [5.74, 6) is -2.96. The first kappa shape index (κ1) is 27.2. The van der Waals surface area contributed by atoms with Crippen molar-refractivity contribution >= 4 is 45.8 Å². The third-order valence-corrected chi connectivity index (χ3v) is 6.83. The van der Waals surface area contributed by atoms with Gasteiger partial charge in [-0.25, -0.2) is 8.42 Å². The second-order valence-electron chi connectivity index (χ2n) is 6.81. The number of hydrogen-bond acceptors (Lipinski definition) is 12. The van der Waals surface area contributed by atoms with E-state index in [0.717, 1.165) is 27.7 Å². The second-order valence-corrected chi connectivity index (χ2v) is 10.1. The smallest absolute Gasteiger partial charge is 0.314 e. The Kier molecular flexibility index (Phi) is 10.7. The number of carbonyl (C=O) groups excluding carboxylic acids is 4. The van der Waals surface area contributed by atoms with Gasteiger partial charge in [-0.05, 0) is 12.8 Å². The number of rotatable bonds is 10. The highest BCUT2D eigenvalue weighted by Gasteiger charge is 2.52. The maximum Gasteiger partial charge on any atom is 0.314 e. The number of ether oxygens (including phenoxy) is 4. The van der Waals surface area contributed by atoms with Crippen LogP contribution < -0.4 is 0 Å². The highest BCUT2D eigenvalue weighted by molar-refractivity contribution is 7.95. The van der Waals surface area contributed by atoms with Crippen molar-refractivity contribution in [3.05, 3.63) is 0 Å². The van der Waals surface area contributed by atoms with Crippen LogP contribution in [-0.2, 0) is 52.1 Å². The Morgan fingerprint density at radius 3 is 1.84 bits per heavy atom. The van der Waals surface area contributed by atoms with Crippen LogP contribution >= 0.6 is 12.0 Å². The Morgan fingerprint density at radius 2 is 1.35 bits per heavy atom. The van der Waals surface area contributed by atoms with Crippen LogP contribution in [0.15, 0.2) is 0 Å². The summed E-state index contributed by atoms with van der Waals surface area (Å²) < 4.78 is 50.3. The molecule has 0 radical (unpaired) electrons. The van der Waals surface area contributed by atoms with Crippen LogP contribution in [0.25, 0.3) is 0 Å². The van der Waals surface area contributed by atoms with Crippen molar-refractivity contribution in [3.63, 3.8) is 0 Å². The van der Waals surface area contributed by atoms with Gasteiger partial charge in [-0.2, -0.15) is 0 Å². The normalized spacial score (nSPS) is 25.9. The SMILES string of the molecule is CCS(=O)(=O)CCC[C@H]1O[C@@H](SOC(C)=O)[C@H](OC(C)=O)[C@@H](OC(C)=O)[C@@H]1OC(C)=O. The summed E-state index contributed by atoms with van der Waals surface area (Å²) in [4.78, 5) is 46.3. The highest BCUT2D eigenvalue weighted by Crippen LogP contribution is 2.36. The van der Waals surface area contributed by atoms with Crippen LogP contribution in [0, 0.1) is 0 Å². The molecule has 11 nitrogen and oxygen atoms in total. The van der Waals surface area contributed by atoms with Gasteiger partial charge in [0.25, 0.3) is 0 Å². The predicted octanol–water partition coefficient (Wildman–Crippen LogP) is 0.933. The lowest BCUT2D eigenvalue weighted by Crippen LogP contribution is -2.60. The zero-order chi connectivity index (χ0) is 23.8. The Hall–Kier alpha value is -1.86. The van der Waals surface area contributed by atoms with Crippen LogP contribution in [0.3, 0.4) is 0 Å². The second kappa shape index (κ2) is 12.2. The van der Waals surface area contributed by atoms with Crippen LogP contribution in [0.2, 0.25) is 0 Å². The van der Waals surface area contributed by atoms with E-state index in [4.69, 9.17) is 23.1 Å². The van der Waals surface area contributed by atoms with Gasteiger partial charge >= 0.3 is 23.9 Å². The molecule has 0 amide bonds. The monoisotopic (exact) mass is 484 g/mol. The van der Waals surface area contributed by atoms with Gasteiger partial charge in [-0.1, -0.05) is 6.92 Å². The highest BCUT2D eigenvalue weighted by atomic mass is 32.2. The fourth-order valence-corrected chi connectivity index (χ4v) is 4.56. The third-order valence-electron chi connectivity index (χ3n) is 4.14. The summed E-state index contributed by atoms with van der Waals surface area (Å²) in [6.45, 7) is 6.09. The Morgan fingerprint density at radius 1 is 0.839 bits per heavy atom. The largest absolute Gasteiger partial charge is 0.456 e. The average Bonchev–Trinajstić information content (AvgIpc) is 2.63. The molecule has 1 rings (SSSR count). The lowest BCUT2D eigenvalue weighted by molar-refractivity contribution is -0.233. The molecule has 1 heterocycles. The maximum atomic E-state index is 11.8. The quantitative estimate of drug-likeness (QED) is 0.247. The van der Waals surface area contributed by atoms with Crippen molar-refractivity contribution in [2.24, 2.45) is 0 Å². The van der Waals surface area contributed by atoms with Crippen molar-refractivity contribution in [3.8, 4) is 0 Å². The summed E-state index contributed by atoms with van der Waals surface area (Å²) >= 11 is 0.556. The van der Waals surface area contributed by atoms with Gasteiger partial charge in [0.15, 0.2) is 23.7 Å². The summed E-state index contributed by atoms with van der Waals surface area (Å²) in [6.07, 6.45) is -4.32. The van der Waals surface area contributed by atoms with Gasteiger partial charge in [-0.15, -0.1) is 0 Å². The Labute approximate surface area is 185 Å². The van der Waals surface area contributed by atoms with E-state index in [1.165, 1.54) is 6.92 Å². The number of esters is 3. The fraction of sp³-hybridized carbons (Fsp3) is 0.778. The molecular weight excluding hydrogens is 456 g/mol. The summed E-state index contributed by atoms with van der Waals surface area (Å²) in [7, 11) is -3.25. The molecule has 0 aromatic carbocycles. The molecule has 1 aliphatic heterocycles. The molecule has 1 saturated heterocycles. The van der Waals surface area contributed by atoms with Crippen molar-refractivity contribution in [1.29, 1.82) is 0 Å². The Balaban J connectivity index is 3.24. The van der Waals surface area contributed by atoms with Gasteiger partial charge < -0.3 is 23.1 Å². The standard InChI is InChI=1S/C18H28O11S2/c1-6-31(23,24)9-7-8-14-15(25-10(2)19)16(26-11(3)20)17(27-12(4)21)18(28-14)30-29-13(5)22/h14-18H,6-9H2,1-5H3/t14-,15-,16+,17-,18+/m1/s1. The van der Waals surface area contributed by atoms with Gasteiger partial charge in [0.1, 0.15) is 15.9 Å². The number of hydrogen-bond donors (Lipinski definition) is 0. The minimum atomic E-state index is -3.25. The van der Waals surface area contributed by atoms with E-state index >= 15 is 0 Å². The van der Waals surface area contributed by atoms with E-state index in [1.54, 1.807) is 0 Å². The van der Waals surface area contributed by atoms with E-state index in [1.807, 2.05) is 0 Å². The maximum absolute atomic E-state index is 11.8. The first-order chi connectivity index (χ1) is 14.4. The van der Waals surface area contributed by atoms with Crippen LogP contribution in [0.5, 0.6) is 0 Å². The molecule has 13 heteroatoms. The Bertz CT molecular complexity index is 764. The molecule has 1 fully saturated rings. The third kappa shape index (κ3) is 9.44. The molecule has 1 aliphatic rings. The molecule has 31 heavy (non-hydrogen) atoms. The molecule has 5 atom stereocenters. The summed E-state index contributed by atoms with van der Waals surface area (Å²) in [5, 5.41) is 0. The first-order valence-corrected chi connectivity index (χ1v) is 12.2. The van der Waals surface area contributed by atoms with E-state index in [-0.39, 0.29) is 24.3 Å². The van der Waals surface area contributed by atoms with Crippen molar-refractivity contribution < 1.29 is 50.7 Å². The zero-order valence-corrected chi connectivity index (χ0v) is 19.7. The van der Waals surface area contributed by atoms with Crippen molar-refractivity contribution in [2.75, 3.05) is 11.5 Å². The van der Waals surface area contributed by atoms with Crippen LogP contribution in [0.1, 0.15) is 47.5 Å². The molecule has 0 N–H and O–H groups in total. The van der Waals surface area contributed by atoms with E-state index < -0.39 is 63.6 Å². The molecule has 0 aliphatic carbocycles. The lowest BCUT2D eigenvalue weighted by Gasteiger charge is -2.43. The van der Waals surface area contributed by atoms with Crippen molar-refractivity contribution in [2.45, 2.75) is 77.3 Å². The summed E-state index contributed by atoms with van der Waals surface area (Å²) in [6, 6.07) is 0. The van der Waals surface area contributed by atoms with E-state index in [0.29, 0.717) is 12.0 Å². The van der Waals surface area contributed by atoms with Gasteiger partial charge in [0, 0.05) is 33.4 Å². The first-order valence-electron chi connectivity index (χ1n) is 9.57. The van der Waals surface area contributed by atoms with Gasteiger partial charge in [-0.3, -0.25) is 19.2 Å².